The highest BCUT2D eigenvalue weighted by Gasteiger charge is 2.11. The van der Waals surface area contributed by atoms with Gasteiger partial charge in [0, 0.05) is 13.6 Å². The maximum atomic E-state index is 11.2. The summed E-state index contributed by atoms with van der Waals surface area (Å²) in [5.41, 5.74) is 0.816. The maximum Gasteiger partial charge on any atom is 0.412 e. The Labute approximate surface area is 102 Å². The van der Waals surface area contributed by atoms with E-state index in [0.717, 1.165) is 12.2 Å². The second-order valence-electron chi connectivity index (χ2n) is 3.33. The summed E-state index contributed by atoms with van der Waals surface area (Å²) in [6, 6.07) is 7.31. The normalized spacial score (nSPS) is 9.24. The molecule has 4 heteroatoms. The van der Waals surface area contributed by atoms with Crippen molar-refractivity contribution in [1.82, 2.24) is 5.32 Å². The van der Waals surface area contributed by atoms with Crippen LogP contribution in [0.15, 0.2) is 24.3 Å². The number of carbonyl (C=O) groups is 1. The molecule has 0 bridgehead atoms. The third-order valence-corrected chi connectivity index (χ3v) is 2.28. The molecule has 0 saturated carbocycles. The van der Waals surface area contributed by atoms with Crippen molar-refractivity contribution in [2.45, 2.75) is 6.92 Å². The first-order valence-corrected chi connectivity index (χ1v) is 5.40. The van der Waals surface area contributed by atoms with E-state index in [1.165, 1.54) is 7.05 Å². The van der Waals surface area contributed by atoms with Gasteiger partial charge in [0.1, 0.15) is 0 Å². The summed E-state index contributed by atoms with van der Waals surface area (Å²) in [6.45, 7) is 3.22. The van der Waals surface area contributed by atoms with Gasteiger partial charge in [0.05, 0.1) is 12.2 Å². The van der Waals surface area contributed by atoms with Crippen LogP contribution in [0.1, 0.15) is 6.92 Å². The molecule has 1 aromatic carbocycles. The van der Waals surface area contributed by atoms with E-state index in [1.54, 1.807) is 6.07 Å². The number of ether oxygens (including phenoxy) is 1. The molecule has 0 fully saturated rings. The van der Waals surface area contributed by atoms with E-state index in [1.807, 2.05) is 30.0 Å². The van der Waals surface area contributed by atoms with Gasteiger partial charge in [0.15, 0.2) is 5.75 Å². The van der Waals surface area contributed by atoms with Gasteiger partial charge in [-0.2, -0.15) is 0 Å². The lowest BCUT2D eigenvalue weighted by molar-refractivity contribution is 0.203. The quantitative estimate of drug-likeness (QED) is 0.806. The SMILES string of the molecule is C#CCN(CC)c1ccccc1OC(=O)NC. The van der Waals surface area contributed by atoms with Crippen molar-refractivity contribution in [1.29, 1.82) is 0 Å². The molecule has 17 heavy (non-hydrogen) atoms. The summed E-state index contributed by atoms with van der Waals surface area (Å²) in [5.74, 6) is 3.09. The fourth-order valence-corrected chi connectivity index (χ4v) is 1.43. The number of nitrogens with one attached hydrogen (secondary N) is 1. The molecule has 0 spiro atoms. The van der Waals surface area contributed by atoms with Crippen molar-refractivity contribution in [3.8, 4) is 18.1 Å². The minimum atomic E-state index is -0.491. The molecule has 4 nitrogen and oxygen atoms in total. The van der Waals surface area contributed by atoms with Gasteiger partial charge in [0.25, 0.3) is 0 Å². The number of rotatable bonds is 4. The molecule has 0 aliphatic heterocycles. The van der Waals surface area contributed by atoms with Crippen molar-refractivity contribution >= 4 is 11.8 Å². The Morgan fingerprint density at radius 1 is 1.53 bits per heavy atom. The minimum absolute atomic E-state index is 0.477. The number of hydrogen-bond donors (Lipinski definition) is 1. The van der Waals surface area contributed by atoms with Crippen LogP contribution in [-0.4, -0.2) is 26.2 Å². The molecule has 90 valence electrons. The van der Waals surface area contributed by atoms with Crippen molar-refractivity contribution in [3.05, 3.63) is 24.3 Å². The van der Waals surface area contributed by atoms with Gasteiger partial charge < -0.3 is 15.0 Å². The number of hydrogen-bond acceptors (Lipinski definition) is 3. The summed E-state index contributed by atoms with van der Waals surface area (Å²) >= 11 is 0. The molecular formula is C13H16N2O2. The Kier molecular flexibility index (Phi) is 4.89. The van der Waals surface area contributed by atoms with Crippen molar-refractivity contribution in [2.75, 3.05) is 25.0 Å². The number of para-hydroxylation sites is 2. The van der Waals surface area contributed by atoms with Gasteiger partial charge in [-0.1, -0.05) is 18.1 Å². The van der Waals surface area contributed by atoms with E-state index in [9.17, 15) is 4.79 Å². The fourth-order valence-electron chi connectivity index (χ4n) is 1.43. The molecular weight excluding hydrogens is 216 g/mol. The smallest absolute Gasteiger partial charge is 0.408 e. The first-order valence-electron chi connectivity index (χ1n) is 5.40. The average Bonchev–Trinajstić information content (AvgIpc) is 2.36. The number of amides is 1. The van der Waals surface area contributed by atoms with E-state index in [-0.39, 0.29) is 0 Å². The molecule has 0 radical (unpaired) electrons. The number of benzene rings is 1. The maximum absolute atomic E-state index is 11.2. The third kappa shape index (κ3) is 3.42. The van der Waals surface area contributed by atoms with Crippen molar-refractivity contribution < 1.29 is 9.53 Å². The summed E-state index contributed by atoms with van der Waals surface area (Å²) in [5, 5.41) is 2.41. The summed E-state index contributed by atoms with van der Waals surface area (Å²) in [7, 11) is 1.52. The number of nitrogens with zero attached hydrogens (tertiary/aromatic N) is 1. The second kappa shape index (κ2) is 6.44. The van der Waals surface area contributed by atoms with Gasteiger partial charge in [-0.05, 0) is 19.1 Å². The topological polar surface area (TPSA) is 41.6 Å². The molecule has 0 saturated heterocycles. The standard InChI is InChI=1S/C13H16N2O2/c1-4-10-15(5-2)11-8-6-7-9-12(11)17-13(16)14-3/h1,6-9H,5,10H2,2-3H3,(H,14,16). The molecule has 0 atom stereocenters. The zero-order valence-electron chi connectivity index (χ0n) is 10.1. The highest BCUT2D eigenvalue weighted by atomic mass is 16.6. The largest absolute Gasteiger partial charge is 0.412 e. The molecule has 1 rings (SSSR count). The van der Waals surface area contributed by atoms with E-state index in [2.05, 4.69) is 11.2 Å². The molecule has 0 heterocycles. The van der Waals surface area contributed by atoms with Gasteiger partial charge in [0.2, 0.25) is 0 Å². The van der Waals surface area contributed by atoms with Crippen LogP contribution in [0.5, 0.6) is 5.75 Å². The van der Waals surface area contributed by atoms with Crippen LogP contribution < -0.4 is 15.0 Å². The van der Waals surface area contributed by atoms with Gasteiger partial charge in [-0.15, -0.1) is 6.42 Å². The Morgan fingerprint density at radius 2 is 2.24 bits per heavy atom. The fraction of sp³-hybridized carbons (Fsp3) is 0.308. The van der Waals surface area contributed by atoms with E-state index >= 15 is 0 Å². The van der Waals surface area contributed by atoms with Crippen LogP contribution in [0.2, 0.25) is 0 Å². The van der Waals surface area contributed by atoms with Crippen molar-refractivity contribution in [2.24, 2.45) is 0 Å². The zero-order valence-corrected chi connectivity index (χ0v) is 10.1. The third-order valence-electron chi connectivity index (χ3n) is 2.28. The summed E-state index contributed by atoms with van der Waals surface area (Å²) in [4.78, 5) is 13.2. The van der Waals surface area contributed by atoms with Crippen LogP contribution >= 0.6 is 0 Å². The molecule has 0 aliphatic rings. The van der Waals surface area contributed by atoms with Crippen LogP contribution in [0.4, 0.5) is 10.5 Å². The molecule has 0 aliphatic carbocycles. The predicted molar refractivity (Wildman–Crippen MR) is 68.2 cm³/mol. The zero-order chi connectivity index (χ0) is 12.7. The number of anilines is 1. The molecule has 1 aromatic rings. The van der Waals surface area contributed by atoms with E-state index in [0.29, 0.717) is 12.3 Å². The molecule has 1 N–H and O–H groups in total. The molecule has 0 unspecified atom stereocenters. The predicted octanol–water partition coefficient (Wildman–Crippen LogP) is 1.86. The van der Waals surface area contributed by atoms with Gasteiger partial charge >= 0.3 is 6.09 Å². The van der Waals surface area contributed by atoms with E-state index in [4.69, 9.17) is 11.2 Å². The Hall–Kier alpha value is -2.15. The summed E-state index contributed by atoms with van der Waals surface area (Å²) < 4.78 is 5.16. The van der Waals surface area contributed by atoms with Crippen LogP contribution in [0.3, 0.4) is 0 Å². The van der Waals surface area contributed by atoms with Crippen LogP contribution in [0.25, 0.3) is 0 Å². The molecule has 0 aromatic heterocycles. The van der Waals surface area contributed by atoms with Crippen LogP contribution in [0, 0.1) is 12.3 Å². The highest BCUT2D eigenvalue weighted by Crippen LogP contribution is 2.27. The average molecular weight is 232 g/mol. The Morgan fingerprint density at radius 3 is 2.82 bits per heavy atom. The summed E-state index contributed by atoms with van der Waals surface area (Å²) in [6.07, 6.45) is 4.82. The van der Waals surface area contributed by atoms with Gasteiger partial charge in [-0.3, -0.25) is 0 Å². The first-order chi connectivity index (χ1) is 8.22. The van der Waals surface area contributed by atoms with Crippen LogP contribution in [-0.2, 0) is 0 Å². The van der Waals surface area contributed by atoms with Crippen molar-refractivity contribution in [3.63, 3.8) is 0 Å². The lowest BCUT2D eigenvalue weighted by Crippen LogP contribution is -2.26. The Balaban J connectivity index is 2.98. The number of carbonyl (C=O) groups excluding carboxylic acids is 1. The monoisotopic (exact) mass is 232 g/mol. The highest BCUT2D eigenvalue weighted by molar-refractivity contribution is 5.73. The Bertz CT molecular complexity index is 424. The second-order valence-corrected chi connectivity index (χ2v) is 3.33. The van der Waals surface area contributed by atoms with E-state index < -0.39 is 6.09 Å². The first kappa shape index (κ1) is 12.9. The lowest BCUT2D eigenvalue weighted by Gasteiger charge is -2.22. The number of terminal acetylenes is 1. The lowest BCUT2D eigenvalue weighted by atomic mass is 10.2. The van der Waals surface area contributed by atoms with Gasteiger partial charge in [-0.25, -0.2) is 4.79 Å². The molecule has 1 amide bonds. The minimum Gasteiger partial charge on any atom is -0.408 e.